The van der Waals surface area contributed by atoms with Gasteiger partial charge in [-0.05, 0) is 25.0 Å². The summed E-state index contributed by atoms with van der Waals surface area (Å²) in [5.41, 5.74) is 2.30. The fourth-order valence-electron chi connectivity index (χ4n) is 2.61. The molecule has 2 aromatic rings. The van der Waals surface area contributed by atoms with E-state index in [9.17, 15) is 4.79 Å². The molecule has 1 aromatic carbocycles. The molecule has 1 unspecified atom stereocenters. The second kappa shape index (κ2) is 5.73. The molecular weight excluding hydrogens is 306 g/mol. The van der Waals surface area contributed by atoms with Crippen LogP contribution in [0.2, 0.25) is 5.15 Å². The molecule has 0 radical (unpaired) electrons. The summed E-state index contributed by atoms with van der Waals surface area (Å²) in [4.78, 5) is 13.8. The highest BCUT2D eigenvalue weighted by Crippen LogP contribution is 2.36. The summed E-state index contributed by atoms with van der Waals surface area (Å²) in [6, 6.07) is 8.24. The fourth-order valence-corrected chi connectivity index (χ4v) is 4.00. The Labute approximate surface area is 132 Å². The molecule has 0 saturated carbocycles. The van der Waals surface area contributed by atoms with Gasteiger partial charge in [-0.15, -0.1) is 11.8 Å². The Morgan fingerprint density at radius 2 is 2.24 bits per heavy atom. The second-order valence-electron chi connectivity index (χ2n) is 5.08. The van der Waals surface area contributed by atoms with Crippen LogP contribution in [0.25, 0.3) is 0 Å². The molecule has 1 aromatic heterocycles. The molecule has 6 heteroatoms. The minimum absolute atomic E-state index is 0.0330. The summed E-state index contributed by atoms with van der Waals surface area (Å²) >= 11 is 7.99. The van der Waals surface area contributed by atoms with Gasteiger partial charge in [0.25, 0.3) is 5.91 Å². The highest BCUT2D eigenvalue weighted by molar-refractivity contribution is 7.99. The van der Waals surface area contributed by atoms with Crippen LogP contribution in [0.1, 0.15) is 34.1 Å². The van der Waals surface area contributed by atoms with Gasteiger partial charge in [-0.2, -0.15) is 5.10 Å². The number of carbonyl (C=O) groups is 1. The van der Waals surface area contributed by atoms with Crippen LogP contribution in [0.5, 0.6) is 0 Å². The number of benzene rings is 1. The lowest BCUT2D eigenvalue weighted by Gasteiger charge is -2.25. The molecule has 1 atom stereocenters. The Bertz CT molecular complexity index is 698. The molecule has 1 N–H and O–H groups in total. The maximum Gasteiger partial charge on any atom is 0.256 e. The molecule has 3 rings (SSSR count). The van der Waals surface area contributed by atoms with Gasteiger partial charge in [0, 0.05) is 17.7 Å². The molecule has 0 saturated heterocycles. The third-order valence-corrected chi connectivity index (χ3v) is 5.20. The van der Waals surface area contributed by atoms with Gasteiger partial charge < -0.3 is 5.32 Å². The first-order chi connectivity index (χ1) is 10.1. The molecule has 1 aliphatic heterocycles. The zero-order chi connectivity index (χ0) is 15.0. The molecule has 0 fully saturated rings. The van der Waals surface area contributed by atoms with Crippen molar-refractivity contribution >= 4 is 29.3 Å². The number of aryl methyl sites for hydroxylation is 2. The number of nitrogens with one attached hydrogen (secondary N) is 1. The van der Waals surface area contributed by atoms with Crippen LogP contribution in [0.3, 0.4) is 0 Å². The summed E-state index contributed by atoms with van der Waals surface area (Å²) in [6.07, 6.45) is 0.921. The number of halogens is 1. The highest BCUT2D eigenvalue weighted by Gasteiger charge is 2.25. The monoisotopic (exact) mass is 321 g/mol. The molecule has 0 spiro atoms. The number of hydrogen-bond donors (Lipinski definition) is 1. The van der Waals surface area contributed by atoms with E-state index in [0.717, 1.165) is 12.2 Å². The molecule has 2 heterocycles. The zero-order valence-corrected chi connectivity index (χ0v) is 13.5. The number of carbonyl (C=O) groups excluding carboxylic acids is 1. The van der Waals surface area contributed by atoms with Crippen LogP contribution in [-0.4, -0.2) is 21.4 Å². The van der Waals surface area contributed by atoms with Crippen LogP contribution in [0.15, 0.2) is 29.2 Å². The average Bonchev–Trinajstić information content (AvgIpc) is 2.72. The second-order valence-corrected chi connectivity index (χ2v) is 6.57. The standard InChI is InChI=1S/C15H16ClN3OS/c1-9-13(14(16)19(2)18-9)15(20)17-11-7-8-21-12-6-4-3-5-10(11)12/h3-6,11H,7-8H2,1-2H3,(H,17,20). The minimum Gasteiger partial charge on any atom is -0.345 e. The Balaban J connectivity index is 1.86. The van der Waals surface area contributed by atoms with Crippen molar-refractivity contribution in [1.82, 2.24) is 15.1 Å². The van der Waals surface area contributed by atoms with E-state index in [4.69, 9.17) is 11.6 Å². The third kappa shape index (κ3) is 2.68. The van der Waals surface area contributed by atoms with E-state index in [2.05, 4.69) is 22.5 Å². The van der Waals surface area contributed by atoms with Crippen molar-refractivity contribution in [2.24, 2.45) is 7.05 Å². The maximum atomic E-state index is 12.5. The summed E-state index contributed by atoms with van der Waals surface area (Å²) in [5.74, 6) is 0.846. The first kappa shape index (κ1) is 14.5. The first-order valence-corrected chi connectivity index (χ1v) is 8.16. The van der Waals surface area contributed by atoms with E-state index >= 15 is 0 Å². The SMILES string of the molecule is Cc1nn(C)c(Cl)c1C(=O)NC1CCSc2ccccc21. The van der Waals surface area contributed by atoms with Crippen molar-refractivity contribution < 1.29 is 4.79 Å². The molecule has 1 amide bonds. The van der Waals surface area contributed by atoms with E-state index in [1.807, 2.05) is 23.9 Å². The lowest BCUT2D eigenvalue weighted by atomic mass is 10.0. The molecule has 0 bridgehead atoms. The van der Waals surface area contributed by atoms with Crippen molar-refractivity contribution in [3.05, 3.63) is 46.2 Å². The van der Waals surface area contributed by atoms with Crippen LogP contribution in [0.4, 0.5) is 0 Å². The number of nitrogens with zero attached hydrogens (tertiary/aromatic N) is 2. The minimum atomic E-state index is -0.155. The lowest BCUT2D eigenvalue weighted by Crippen LogP contribution is -2.31. The quantitative estimate of drug-likeness (QED) is 0.922. The number of rotatable bonds is 2. The fraction of sp³-hybridized carbons (Fsp3) is 0.333. The van der Waals surface area contributed by atoms with Crippen LogP contribution < -0.4 is 5.32 Å². The normalized spacial score (nSPS) is 17.4. The predicted molar refractivity (Wildman–Crippen MR) is 84.9 cm³/mol. The van der Waals surface area contributed by atoms with Crippen molar-refractivity contribution in [1.29, 1.82) is 0 Å². The molecule has 1 aliphatic rings. The number of aromatic nitrogens is 2. The molecule has 110 valence electrons. The van der Waals surface area contributed by atoms with Crippen LogP contribution in [-0.2, 0) is 7.05 Å². The van der Waals surface area contributed by atoms with E-state index in [-0.39, 0.29) is 11.9 Å². The zero-order valence-electron chi connectivity index (χ0n) is 11.9. The number of hydrogen-bond acceptors (Lipinski definition) is 3. The average molecular weight is 322 g/mol. The molecule has 0 aliphatic carbocycles. The van der Waals surface area contributed by atoms with E-state index in [1.54, 1.807) is 14.0 Å². The van der Waals surface area contributed by atoms with Crippen molar-refractivity contribution in [2.75, 3.05) is 5.75 Å². The van der Waals surface area contributed by atoms with Gasteiger partial charge in [0.15, 0.2) is 0 Å². The van der Waals surface area contributed by atoms with Crippen molar-refractivity contribution in [3.63, 3.8) is 0 Å². The summed E-state index contributed by atoms with van der Waals surface area (Å²) in [7, 11) is 1.73. The summed E-state index contributed by atoms with van der Waals surface area (Å²) < 4.78 is 1.52. The highest BCUT2D eigenvalue weighted by atomic mass is 35.5. The largest absolute Gasteiger partial charge is 0.345 e. The van der Waals surface area contributed by atoms with Crippen LogP contribution >= 0.6 is 23.4 Å². The van der Waals surface area contributed by atoms with Crippen molar-refractivity contribution in [2.45, 2.75) is 24.3 Å². The van der Waals surface area contributed by atoms with E-state index in [1.165, 1.54) is 15.1 Å². The van der Waals surface area contributed by atoms with Gasteiger partial charge >= 0.3 is 0 Å². The Morgan fingerprint density at radius 1 is 1.48 bits per heavy atom. The van der Waals surface area contributed by atoms with Gasteiger partial charge in [0.05, 0.1) is 17.3 Å². The summed E-state index contributed by atoms with van der Waals surface area (Å²) in [6.45, 7) is 1.80. The van der Waals surface area contributed by atoms with Crippen molar-refractivity contribution in [3.8, 4) is 0 Å². The smallest absolute Gasteiger partial charge is 0.256 e. The van der Waals surface area contributed by atoms with Gasteiger partial charge in [-0.3, -0.25) is 9.48 Å². The van der Waals surface area contributed by atoms with Gasteiger partial charge in [-0.25, -0.2) is 0 Å². The topological polar surface area (TPSA) is 46.9 Å². The lowest BCUT2D eigenvalue weighted by molar-refractivity contribution is 0.0934. The summed E-state index contributed by atoms with van der Waals surface area (Å²) in [5, 5.41) is 7.66. The molecular formula is C15H16ClN3OS. The molecule has 21 heavy (non-hydrogen) atoms. The number of thioether (sulfide) groups is 1. The number of fused-ring (bicyclic) bond motifs is 1. The van der Waals surface area contributed by atoms with Crippen LogP contribution in [0, 0.1) is 6.92 Å². The first-order valence-electron chi connectivity index (χ1n) is 6.79. The van der Waals surface area contributed by atoms with Gasteiger partial charge in [0.2, 0.25) is 0 Å². The number of amides is 1. The maximum absolute atomic E-state index is 12.5. The van der Waals surface area contributed by atoms with Gasteiger partial charge in [0.1, 0.15) is 5.15 Å². The van der Waals surface area contributed by atoms with E-state index in [0.29, 0.717) is 16.4 Å². The Hall–Kier alpha value is -1.46. The Morgan fingerprint density at radius 3 is 2.95 bits per heavy atom. The Kier molecular flexibility index (Phi) is 3.95. The third-order valence-electron chi connectivity index (χ3n) is 3.64. The molecule has 4 nitrogen and oxygen atoms in total. The van der Waals surface area contributed by atoms with E-state index < -0.39 is 0 Å². The predicted octanol–water partition coefficient (Wildman–Crippen LogP) is 3.35. The van der Waals surface area contributed by atoms with Gasteiger partial charge in [-0.1, -0.05) is 29.8 Å².